The summed E-state index contributed by atoms with van der Waals surface area (Å²) in [6.45, 7) is 0. The molecule has 2 saturated carbocycles. The molecule has 0 spiro atoms. The van der Waals surface area contributed by atoms with Gasteiger partial charge in [-0.05, 0) is 24.3 Å². The van der Waals surface area contributed by atoms with Crippen molar-refractivity contribution in [3.05, 3.63) is 35.2 Å². The first-order valence-corrected chi connectivity index (χ1v) is 5.59. The maximum Gasteiger partial charge on any atom is 0.0934 e. The van der Waals surface area contributed by atoms with Crippen LogP contribution in [0.15, 0.2) is 35.2 Å². The van der Waals surface area contributed by atoms with Crippen LogP contribution in [-0.2, 0) is 0 Å². The van der Waals surface area contributed by atoms with Gasteiger partial charge in [-0.25, -0.2) is 0 Å². The van der Waals surface area contributed by atoms with E-state index in [9.17, 15) is 0 Å². The normalized spacial score (nSPS) is 41.7. The largest absolute Gasteiger partial charge is 0.386 e. The molecule has 0 aromatic rings. The highest BCUT2D eigenvalue weighted by Crippen LogP contribution is 2.57. The standard InChI is InChI=1S/C12H17N3/c13-9-3-1-2-6-7-4-5-8(10(6)9)11(7)12(14)15/h1-3,7-10H,4-5,13-15H2. The van der Waals surface area contributed by atoms with Gasteiger partial charge >= 0.3 is 0 Å². The number of rotatable bonds is 0. The summed E-state index contributed by atoms with van der Waals surface area (Å²) in [6.07, 6.45) is 8.75. The Morgan fingerprint density at radius 2 is 2.07 bits per heavy atom. The molecule has 2 bridgehead atoms. The van der Waals surface area contributed by atoms with E-state index in [-0.39, 0.29) is 6.04 Å². The number of hydrogen-bond acceptors (Lipinski definition) is 3. The Labute approximate surface area is 89.7 Å². The van der Waals surface area contributed by atoms with E-state index in [0.717, 1.165) is 0 Å². The van der Waals surface area contributed by atoms with E-state index in [4.69, 9.17) is 17.2 Å². The van der Waals surface area contributed by atoms with Crippen LogP contribution in [-0.4, -0.2) is 6.04 Å². The van der Waals surface area contributed by atoms with Crippen LogP contribution >= 0.6 is 0 Å². The van der Waals surface area contributed by atoms with Crippen molar-refractivity contribution in [2.24, 2.45) is 35.0 Å². The molecule has 0 saturated heterocycles. The summed E-state index contributed by atoms with van der Waals surface area (Å²) in [5.74, 6) is 1.99. The number of hydrogen-bond donors (Lipinski definition) is 3. The zero-order valence-electron chi connectivity index (χ0n) is 8.69. The van der Waals surface area contributed by atoms with E-state index < -0.39 is 0 Å². The van der Waals surface area contributed by atoms with Crippen molar-refractivity contribution in [3.8, 4) is 0 Å². The fourth-order valence-electron chi connectivity index (χ4n) is 3.65. The van der Waals surface area contributed by atoms with Crippen molar-refractivity contribution in [2.75, 3.05) is 0 Å². The first-order chi connectivity index (χ1) is 7.20. The smallest absolute Gasteiger partial charge is 0.0934 e. The van der Waals surface area contributed by atoms with Crippen molar-refractivity contribution < 1.29 is 0 Å². The van der Waals surface area contributed by atoms with E-state index in [2.05, 4.69) is 18.2 Å². The Morgan fingerprint density at radius 3 is 2.73 bits per heavy atom. The van der Waals surface area contributed by atoms with Crippen molar-refractivity contribution in [1.29, 1.82) is 0 Å². The molecule has 3 heteroatoms. The lowest BCUT2D eigenvalue weighted by atomic mass is 9.77. The van der Waals surface area contributed by atoms with Crippen LogP contribution in [0.2, 0.25) is 0 Å². The number of allylic oxidation sites excluding steroid dienone is 3. The van der Waals surface area contributed by atoms with Crippen LogP contribution < -0.4 is 17.2 Å². The summed E-state index contributed by atoms with van der Waals surface area (Å²) in [7, 11) is 0. The summed E-state index contributed by atoms with van der Waals surface area (Å²) in [6, 6.07) is 0.148. The topological polar surface area (TPSA) is 78.1 Å². The van der Waals surface area contributed by atoms with Crippen LogP contribution in [0.4, 0.5) is 0 Å². The molecular weight excluding hydrogens is 186 g/mol. The summed E-state index contributed by atoms with van der Waals surface area (Å²) in [4.78, 5) is 0. The molecule has 3 rings (SSSR count). The third-order valence-corrected chi connectivity index (χ3v) is 4.13. The number of fused-ring (bicyclic) bond motifs is 5. The molecule has 3 nitrogen and oxygen atoms in total. The molecule has 80 valence electrons. The second-order valence-electron chi connectivity index (χ2n) is 4.80. The Morgan fingerprint density at radius 1 is 1.27 bits per heavy atom. The minimum Gasteiger partial charge on any atom is -0.386 e. The molecule has 0 aliphatic heterocycles. The monoisotopic (exact) mass is 203 g/mol. The zero-order valence-corrected chi connectivity index (χ0v) is 8.69. The van der Waals surface area contributed by atoms with Crippen molar-refractivity contribution in [1.82, 2.24) is 0 Å². The molecule has 2 fully saturated rings. The molecule has 0 aromatic carbocycles. The average molecular weight is 203 g/mol. The van der Waals surface area contributed by atoms with Crippen molar-refractivity contribution >= 4 is 0 Å². The van der Waals surface area contributed by atoms with Crippen LogP contribution in [0.5, 0.6) is 0 Å². The van der Waals surface area contributed by atoms with E-state index in [1.165, 1.54) is 24.0 Å². The van der Waals surface area contributed by atoms with Gasteiger partial charge in [-0.15, -0.1) is 0 Å². The van der Waals surface area contributed by atoms with Gasteiger partial charge in [0.1, 0.15) is 0 Å². The molecule has 6 N–H and O–H groups in total. The highest BCUT2D eigenvalue weighted by atomic mass is 14.8. The van der Waals surface area contributed by atoms with Crippen LogP contribution in [0.25, 0.3) is 0 Å². The summed E-state index contributed by atoms with van der Waals surface area (Å²) in [5.41, 5.74) is 20.4. The summed E-state index contributed by atoms with van der Waals surface area (Å²) < 4.78 is 0. The highest BCUT2D eigenvalue weighted by Gasteiger charge is 2.50. The SMILES string of the molecule is NC(N)=C1C2CCC1C1C2=CC=CC1N. The van der Waals surface area contributed by atoms with E-state index in [1.807, 2.05) is 0 Å². The van der Waals surface area contributed by atoms with Gasteiger partial charge in [0.25, 0.3) is 0 Å². The predicted molar refractivity (Wildman–Crippen MR) is 60.3 cm³/mol. The maximum atomic E-state index is 6.14. The molecular formula is C12H17N3. The van der Waals surface area contributed by atoms with E-state index in [1.54, 1.807) is 0 Å². The minimum absolute atomic E-state index is 0.148. The first-order valence-electron chi connectivity index (χ1n) is 5.59. The highest BCUT2D eigenvalue weighted by molar-refractivity contribution is 5.45. The van der Waals surface area contributed by atoms with Gasteiger partial charge in [0.05, 0.1) is 5.82 Å². The maximum absolute atomic E-state index is 6.14. The minimum atomic E-state index is 0.148. The fraction of sp³-hybridized carbons (Fsp3) is 0.500. The molecule has 0 amide bonds. The quantitative estimate of drug-likeness (QED) is 0.539. The molecule has 0 radical (unpaired) electrons. The lowest BCUT2D eigenvalue weighted by Crippen LogP contribution is -2.34. The second kappa shape index (κ2) is 2.89. The average Bonchev–Trinajstić information content (AvgIpc) is 2.73. The molecule has 4 unspecified atom stereocenters. The molecule has 0 heterocycles. The third kappa shape index (κ3) is 1.04. The third-order valence-electron chi connectivity index (χ3n) is 4.13. The molecule has 15 heavy (non-hydrogen) atoms. The lowest BCUT2D eigenvalue weighted by Gasteiger charge is -2.30. The fourth-order valence-corrected chi connectivity index (χ4v) is 3.65. The van der Waals surface area contributed by atoms with Gasteiger partial charge in [0, 0.05) is 17.9 Å². The molecule has 0 aromatic heterocycles. The second-order valence-corrected chi connectivity index (χ2v) is 4.80. The van der Waals surface area contributed by atoms with Gasteiger partial charge < -0.3 is 17.2 Å². The molecule has 3 aliphatic rings. The Bertz CT molecular complexity index is 388. The zero-order chi connectivity index (χ0) is 10.6. The predicted octanol–water partition coefficient (Wildman–Crippen LogP) is 0.595. The molecule has 4 atom stereocenters. The van der Waals surface area contributed by atoms with Gasteiger partial charge in [-0.1, -0.05) is 23.8 Å². The van der Waals surface area contributed by atoms with E-state index >= 15 is 0 Å². The van der Waals surface area contributed by atoms with Gasteiger partial charge in [-0.2, -0.15) is 0 Å². The molecule has 3 aliphatic carbocycles. The Balaban J connectivity index is 2.10. The number of nitrogens with two attached hydrogens (primary N) is 3. The van der Waals surface area contributed by atoms with Gasteiger partial charge in [0.15, 0.2) is 0 Å². The van der Waals surface area contributed by atoms with Crippen LogP contribution in [0.3, 0.4) is 0 Å². The van der Waals surface area contributed by atoms with Crippen molar-refractivity contribution in [3.63, 3.8) is 0 Å². The van der Waals surface area contributed by atoms with Crippen LogP contribution in [0, 0.1) is 17.8 Å². The van der Waals surface area contributed by atoms with Crippen LogP contribution in [0.1, 0.15) is 12.8 Å². The summed E-state index contributed by atoms with van der Waals surface area (Å²) >= 11 is 0. The van der Waals surface area contributed by atoms with Gasteiger partial charge in [0.2, 0.25) is 0 Å². The van der Waals surface area contributed by atoms with Crippen molar-refractivity contribution in [2.45, 2.75) is 18.9 Å². The van der Waals surface area contributed by atoms with E-state index in [0.29, 0.717) is 23.6 Å². The lowest BCUT2D eigenvalue weighted by molar-refractivity contribution is 0.385. The Kier molecular flexibility index (Phi) is 1.74. The first kappa shape index (κ1) is 9.04. The summed E-state index contributed by atoms with van der Waals surface area (Å²) in [5, 5.41) is 0. The Hall–Kier alpha value is -1.22. The van der Waals surface area contributed by atoms with Gasteiger partial charge in [-0.3, -0.25) is 0 Å².